The molecular formula is C48H57AlCl2F2N6O5Si. The second-order valence-corrected chi connectivity index (χ2v) is 26.2. The highest BCUT2D eigenvalue weighted by molar-refractivity contribution is 6.74. The van der Waals surface area contributed by atoms with Gasteiger partial charge < -0.3 is 25.3 Å². The molecule has 1 amide bonds. The number of pyridine rings is 4. The molecule has 0 fully saturated rings. The van der Waals surface area contributed by atoms with Crippen molar-refractivity contribution in [3.63, 3.8) is 0 Å². The lowest BCUT2D eigenvalue weighted by Crippen LogP contribution is -2.40. The minimum atomic E-state index is -1.76. The molecule has 17 heteroatoms. The molecule has 0 unspecified atom stereocenters. The van der Waals surface area contributed by atoms with Crippen molar-refractivity contribution in [3.8, 4) is 0 Å². The van der Waals surface area contributed by atoms with Crippen LogP contribution in [-0.4, -0.2) is 66.5 Å². The average molecular weight is 962 g/mol. The molecule has 344 valence electrons. The smallest absolute Gasteiger partial charge is 0.339 e. The summed E-state index contributed by atoms with van der Waals surface area (Å²) in [6, 6.07) is 22.6. The van der Waals surface area contributed by atoms with Crippen LogP contribution in [0.3, 0.4) is 0 Å². The lowest BCUT2D eigenvalue weighted by atomic mass is 10.1. The van der Waals surface area contributed by atoms with Gasteiger partial charge in [0.25, 0.3) is 20.1 Å². The Kier molecular flexibility index (Phi) is 21.8. The number of hydrogen-bond donors (Lipinski definition) is 3. The number of methoxy groups -OCH3 is 1. The lowest BCUT2D eigenvalue weighted by Gasteiger charge is -2.36. The van der Waals surface area contributed by atoms with Crippen LogP contribution in [0.15, 0.2) is 110 Å². The second kappa shape index (κ2) is 26.1. The van der Waals surface area contributed by atoms with Gasteiger partial charge >= 0.3 is 5.97 Å². The second-order valence-electron chi connectivity index (χ2n) is 17.0. The van der Waals surface area contributed by atoms with E-state index in [1.807, 2.05) is 6.07 Å². The first-order valence-corrected chi connectivity index (χ1v) is 27.8. The van der Waals surface area contributed by atoms with Crippen molar-refractivity contribution >= 4 is 69.2 Å². The van der Waals surface area contributed by atoms with Crippen molar-refractivity contribution in [2.24, 2.45) is 0 Å². The maximum absolute atomic E-state index is 13.4. The van der Waals surface area contributed by atoms with Crippen LogP contribution in [0.1, 0.15) is 75.1 Å². The maximum atomic E-state index is 13.4. The molecular weight excluding hydrogens is 905 g/mol. The monoisotopic (exact) mass is 960 g/mol. The van der Waals surface area contributed by atoms with E-state index >= 15 is 0 Å². The van der Waals surface area contributed by atoms with Gasteiger partial charge in [0, 0.05) is 34.8 Å². The lowest BCUT2D eigenvalue weighted by molar-refractivity contribution is 0.0600. The third kappa shape index (κ3) is 19.9. The number of amides is 1. The van der Waals surface area contributed by atoms with Crippen LogP contribution in [0.25, 0.3) is 0 Å². The Bertz CT molecular complexity index is 2380. The number of nitrogen functional groups attached to an aromatic ring is 1. The molecule has 4 heterocycles. The van der Waals surface area contributed by atoms with Crippen LogP contribution in [0.4, 0.5) is 20.4 Å². The topological polar surface area (TPSA) is 162 Å². The summed E-state index contributed by atoms with van der Waals surface area (Å²) in [5, 5.41) is 12.6. The van der Waals surface area contributed by atoms with Gasteiger partial charge in [-0.3, -0.25) is 14.8 Å². The van der Waals surface area contributed by atoms with E-state index in [0.29, 0.717) is 58.0 Å². The van der Waals surface area contributed by atoms with Gasteiger partial charge in [-0.25, -0.2) is 23.5 Å². The predicted molar refractivity (Wildman–Crippen MR) is 260 cm³/mol. The number of esters is 1. The number of aliphatic hydroxyl groups is 1. The molecule has 2 aromatic carbocycles. The first-order chi connectivity index (χ1) is 30.6. The molecule has 11 nitrogen and oxygen atoms in total. The van der Waals surface area contributed by atoms with Crippen molar-refractivity contribution in [1.82, 2.24) is 19.9 Å². The number of rotatable bonds is 11. The Morgan fingerprint density at radius 2 is 1.23 bits per heavy atom. The molecule has 0 aliphatic heterocycles. The number of hydrogen-bond acceptors (Lipinski definition) is 10. The average Bonchev–Trinajstić information content (AvgIpc) is 3.23. The number of aliphatic hydroxyl groups excluding tert-OH is 1. The number of nitrogens with two attached hydrogens (primary N) is 1. The van der Waals surface area contributed by atoms with Crippen molar-refractivity contribution < 1.29 is 32.6 Å². The fourth-order valence-corrected chi connectivity index (χ4v) is 6.53. The molecule has 4 N–H and O–H groups in total. The third-order valence-electron chi connectivity index (χ3n) is 9.46. The number of carbonyl (C=O) groups is 2. The van der Waals surface area contributed by atoms with E-state index in [1.54, 1.807) is 67.0 Å². The largest absolute Gasteiger partial charge is 0.465 e. The van der Waals surface area contributed by atoms with Gasteiger partial charge in [0.15, 0.2) is 8.32 Å². The van der Waals surface area contributed by atoms with Gasteiger partial charge in [-0.1, -0.05) is 56.1 Å². The zero-order chi connectivity index (χ0) is 48.3. The van der Waals surface area contributed by atoms with Gasteiger partial charge in [0.2, 0.25) is 0 Å². The quantitative estimate of drug-likeness (QED) is 0.0841. The van der Waals surface area contributed by atoms with Crippen molar-refractivity contribution in [1.29, 1.82) is 0 Å². The Morgan fingerprint density at radius 3 is 1.65 bits per heavy atom. The van der Waals surface area contributed by atoms with E-state index in [0.717, 1.165) is 27.9 Å². The fourth-order valence-electron chi connectivity index (χ4n) is 5.10. The Hall–Kier alpha value is -5.11. The number of ether oxygens (including phenoxy) is 1. The zero-order valence-electron chi connectivity index (χ0n) is 38.3. The van der Waals surface area contributed by atoms with Crippen LogP contribution in [0.5, 0.6) is 0 Å². The number of halogens is 4. The van der Waals surface area contributed by atoms with Crippen LogP contribution in [-0.2, 0) is 35.2 Å². The number of nitrogens with one attached hydrogen (secondary N) is 1. The number of nitrogens with zero attached hydrogens (tertiary/aromatic N) is 4. The normalized spacial score (nSPS) is 10.8. The van der Waals surface area contributed by atoms with Crippen LogP contribution >= 0.6 is 23.2 Å². The molecule has 6 rings (SSSR count). The Morgan fingerprint density at radius 1 is 0.723 bits per heavy atom. The van der Waals surface area contributed by atoms with Crippen LogP contribution in [0, 0.1) is 11.6 Å². The SMILES string of the molecule is COC(=O)c1ccc(CO[Si](C)(C)C(C)(C)C)nc1.Nc1ccc(Cc2cc(F)cc(Cl)c2)cn1.O=C(Nc1ccc(Cc2cc(F)cc(Cl)c2)cn1)c1ccc(CO)nc1.[CH3][Al]([CH3])[CH3]. The van der Waals surface area contributed by atoms with E-state index in [9.17, 15) is 18.4 Å². The molecule has 4 aromatic heterocycles. The first-order valence-electron chi connectivity index (χ1n) is 20.7. The van der Waals surface area contributed by atoms with Gasteiger partial charge in [0.1, 0.15) is 23.3 Å². The summed E-state index contributed by atoms with van der Waals surface area (Å²) >= 11 is 11.5. The van der Waals surface area contributed by atoms with E-state index < -0.39 is 8.32 Å². The maximum Gasteiger partial charge on any atom is 0.339 e. The molecule has 0 atom stereocenters. The summed E-state index contributed by atoms with van der Waals surface area (Å²) in [4.78, 5) is 39.8. The van der Waals surface area contributed by atoms with Crippen LogP contribution in [0.2, 0.25) is 45.5 Å². The summed E-state index contributed by atoms with van der Waals surface area (Å²) < 4.78 is 37.2. The molecule has 0 saturated heterocycles. The molecule has 0 aliphatic rings. The third-order valence-corrected chi connectivity index (χ3v) is 14.4. The highest BCUT2D eigenvalue weighted by Crippen LogP contribution is 2.37. The van der Waals surface area contributed by atoms with Crippen molar-refractivity contribution in [3.05, 3.63) is 176 Å². The van der Waals surface area contributed by atoms with Crippen LogP contribution < -0.4 is 11.1 Å². The van der Waals surface area contributed by atoms with Gasteiger partial charge in [-0.05, 0) is 126 Å². The predicted octanol–water partition coefficient (Wildman–Crippen LogP) is 11.4. The van der Waals surface area contributed by atoms with Gasteiger partial charge in [-0.15, -0.1) is 17.4 Å². The summed E-state index contributed by atoms with van der Waals surface area (Å²) in [6.45, 7) is 11.3. The zero-order valence-corrected chi connectivity index (χ0v) is 41.9. The van der Waals surface area contributed by atoms with Gasteiger partial charge in [0.05, 0.1) is 42.8 Å². The number of anilines is 2. The Labute approximate surface area is 396 Å². The first kappa shape index (κ1) is 54.2. The molecule has 0 spiro atoms. The van der Waals surface area contributed by atoms with E-state index in [1.165, 1.54) is 43.8 Å². The van der Waals surface area contributed by atoms with Gasteiger partial charge in [-0.2, -0.15) is 0 Å². The highest BCUT2D eigenvalue weighted by atomic mass is 35.5. The summed E-state index contributed by atoms with van der Waals surface area (Å²) in [5.74, 6) is 6.35. The molecule has 0 bridgehead atoms. The standard InChI is InChI=1S/C19H15ClFN3O2.C14H23NO3Si.C12H10ClFN2.3CH3.Al/c20-15-6-13(7-16(21)8-15)5-12-1-4-18(23-9-12)24-19(26)14-2-3-17(11-25)22-10-14;1-14(2,3)19(5,6)18-10-12-8-7-11(9-15-12)13(16)17-4;13-10-4-9(5-11(14)6-10)3-8-1-2-12(15)16-7-8;;;;/h1-4,6-10,25H,5,11H2,(H,23,24,26);7-9H,10H2,1-6H3;1-2,4-7H,3H2,(H2,15,16);3*1H3;. The fraction of sp³-hybridized carbons (Fsp3) is 0.292. The number of carbonyl (C=O) groups excluding carboxylic acids is 2. The highest BCUT2D eigenvalue weighted by Gasteiger charge is 2.37. The molecule has 6 aromatic rings. The number of benzene rings is 2. The molecule has 0 saturated carbocycles. The minimum Gasteiger partial charge on any atom is -0.465 e. The van der Waals surface area contributed by atoms with E-state index in [4.69, 9.17) is 38.5 Å². The number of aromatic nitrogens is 4. The van der Waals surface area contributed by atoms with E-state index in [2.05, 4.69) is 81.2 Å². The molecule has 0 radical (unpaired) electrons. The Balaban J connectivity index is 0.000000256. The summed E-state index contributed by atoms with van der Waals surface area (Å²) in [5.41, 5.74) is 11.0. The molecule has 0 aliphatic carbocycles. The minimum absolute atomic E-state index is 0.139. The van der Waals surface area contributed by atoms with Crippen molar-refractivity contribution in [2.45, 2.75) is 82.3 Å². The summed E-state index contributed by atoms with van der Waals surface area (Å²) in [6.07, 6.45) is 7.27. The summed E-state index contributed by atoms with van der Waals surface area (Å²) in [7, 11) is -0.404. The van der Waals surface area contributed by atoms with E-state index in [-0.39, 0.29) is 49.3 Å². The molecule has 65 heavy (non-hydrogen) atoms. The van der Waals surface area contributed by atoms with Crippen molar-refractivity contribution in [2.75, 3.05) is 18.2 Å².